The summed E-state index contributed by atoms with van der Waals surface area (Å²) in [6.07, 6.45) is 10.2. The van der Waals surface area contributed by atoms with E-state index in [9.17, 15) is 9.59 Å². The molecule has 0 bridgehead atoms. The standard InChI is InChI=1S/C29H33N7O2/c1-22(37)36-16-6-4-2-3-5-14-34(29(38)25-10-7-9-24(18-25)28-30-21-31-33-28)20-26-12-11-23(17-27(26)36)19-35-15-8-13-32-35/h7-13,15,17-18,21H,2-6,14,16,19-20H2,1H3,(H,30,31,33). The zero-order chi connectivity index (χ0) is 26.3. The number of H-pyrrole nitrogens is 1. The highest BCUT2D eigenvalue weighted by molar-refractivity contribution is 5.96. The first kappa shape index (κ1) is 25.4. The summed E-state index contributed by atoms with van der Waals surface area (Å²) in [5, 5.41) is 11.1. The number of rotatable bonds is 4. The molecule has 0 saturated heterocycles. The van der Waals surface area contributed by atoms with Crippen molar-refractivity contribution in [3.8, 4) is 11.4 Å². The van der Waals surface area contributed by atoms with Gasteiger partial charge in [-0.05, 0) is 48.2 Å². The van der Waals surface area contributed by atoms with Crippen LogP contribution in [0.5, 0.6) is 0 Å². The number of aromatic amines is 1. The Morgan fingerprint density at radius 1 is 0.974 bits per heavy atom. The van der Waals surface area contributed by atoms with Crippen LogP contribution in [-0.2, 0) is 17.9 Å². The summed E-state index contributed by atoms with van der Waals surface area (Å²) in [6.45, 7) is 3.98. The number of aromatic nitrogens is 5. The number of anilines is 1. The maximum atomic E-state index is 13.8. The van der Waals surface area contributed by atoms with Crippen molar-refractivity contribution >= 4 is 17.5 Å². The average Bonchev–Trinajstić information content (AvgIpc) is 3.64. The van der Waals surface area contributed by atoms with Crippen LogP contribution in [0.3, 0.4) is 0 Å². The lowest BCUT2D eigenvalue weighted by Crippen LogP contribution is -2.35. The van der Waals surface area contributed by atoms with Gasteiger partial charge in [0.2, 0.25) is 5.91 Å². The molecular weight excluding hydrogens is 478 g/mol. The lowest BCUT2D eigenvalue weighted by atomic mass is 10.0. The van der Waals surface area contributed by atoms with Gasteiger partial charge in [0.1, 0.15) is 6.33 Å². The zero-order valence-corrected chi connectivity index (χ0v) is 21.7. The number of carbonyl (C=O) groups is 2. The average molecular weight is 512 g/mol. The summed E-state index contributed by atoms with van der Waals surface area (Å²) in [4.78, 5) is 34.6. The van der Waals surface area contributed by atoms with Gasteiger partial charge in [-0.3, -0.25) is 19.4 Å². The SMILES string of the molecule is CC(=O)N1CCCCCCCN(C(=O)c2cccc(-c3ncn[nH]3)c2)Cc2ccc(Cn3cccn3)cc21. The van der Waals surface area contributed by atoms with Gasteiger partial charge in [-0.25, -0.2) is 4.98 Å². The van der Waals surface area contributed by atoms with Crippen LogP contribution in [0.4, 0.5) is 5.69 Å². The summed E-state index contributed by atoms with van der Waals surface area (Å²) < 4.78 is 1.87. The van der Waals surface area contributed by atoms with Gasteiger partial charge in [0, 0.05) is 55.8 Å². The van der Waals surface area contributed by atoms with Crippen LogP contribution in [0.15, 0.2) is 67.3 Å². The Hall–Kier alpha value is -4.27. The van der Waals surface area contributed by atoms with Crippen molar-refractivity contribution in [3.63, 3.8) is 0 Å². The Morgan fingerprint density at radius 2 is 1.82 bits per heavy atom. The fraction of sp³-hybridized carbons (Fsp3) is 0.345. The van der Waals surface area contributed by atoms with E-state index in [2.05, 4.69) is 38.5 Å². The minimum Gasteiger partial charge on any atom is -0.334 e. The lowest BCUT2D eigenvalue weighted by Gasteiger charge is -2.29. The molecule has 196 valence electrons. The smallest absolute Gasteiger partial charge is 0.254 e. The Bertz CT molecular complexity index is 1370. The van der Waals surface area contributed by atoms with Crippen molar-refractivity contribution in [2.45, 2.75) is 52.1 Å². The summed E-state index contributed by atoms with van der Waals surface area (Å²) in [6, 6.07) is 15.6. The molecule has 5 rings (SSSR count). The van der Waals surface area contributed by atoms with Crippen LogP contribution >= 0.6 is 0 Å². The number of fused-ring (bicyclic) bond motifs is 1. The number of benzene rings is 2. The molecule has 2 amide bonds. The van der Waals surface area contributed by atoms with Crippen LogP contribution in [0.25, 0.3) is 11.4 Å². The van der Waals surface area contributed by atoms with E-state index < -0.39 is 0 Å². The summed E-state index contributed by atoms with van der Waals surface area (Å²) in [7, 11) is 0. The molecule has 1 aliphatic heterocycles. The van der Waals surface area contributed by atoms with Crippen molar-refractivity contribution in [1.82, 2.24) is 29.9 Å². The fourth-order valence-corrected chi connectivity index (χ4v) is 5.01. The minimum absolute atomic E-state index is 0.0113. The van der Waals surface area contributed by atoms with Gasteiger partial charge in [0.15, 0.2) is 5.82 Å². The Kier molecular flexibility index (Phi) is 7.92. The van der Waals surface area contributed by atoms with Crippen molar-refractivity contribution in [3.05, 3.63) is 83.9 Å². The highest BCUT2D eigenvalue weighted by atomic mass is 16.2. The maximum Gasteiger partial charge on any atom is 0.254 e. The number of carbonyl (C=O) groups excluding carboxylic acids is 2. The third-order valence-corrected chi connectivity index (χ3v) is 6.98. The Balaban J connectivity index is 1.49. The van der Waals surface area contributed by atoms with Crippen LogP contribution in [-0.4, -0.2) is 54.8 Å². The number of nitrogens with zero attached hydrogens (tertiary/aromatic N) is 6. The molecule has 2 aromatic carbocycles. The van der Waals surface area contributed by atoms with Gasteiger partial charge in [-0.2, -0.15) is 10.2 Å². The second-order valence-corrected chi connectivity index (χ2v) is 9.75. The molecule has 9 heteroatoms. The van der Waals surface area contributed by atoms with Crippen LogP contribution in [0.1, 0.15) is 60.5 Å². The quantitative estimate of drug-likeness (QED) is 0.429. The topological polar surface area (TPSA) is 100 Å². The largest absolute Gasteiger partial charge is 0.334 e. The Morgan fingerprint density at radius 3 is 2.58 bits per heavy atom. The molecule has 0 fully saturated rings. The molecule has 4 aromatic rings. The highest BCUT2D eigenvalue weighted by Crippen LogP contribution is 2.27. The molecule has 2 aromatic heterocycles. The van der Waals surface area contributed by atoms with Gasteiger partial charge < -0.3 is 9.80 Å². The second-order valence-electron chi connectivity index (χ2n) is 9.75. The molecular formula is C29H33N7O2. The van der Waals surface area contributed by atoms with Crippen molar-refractivity contribution in [2.75, 3.05) is 18.0 Å². The lowest BCUT2D eigenvalue weighted by molar-refractivity contribution is -0.116. The van der Waals surface area contributed by atoms with E-state index in [-0.39, 0.29) is 11.8 Å². The minimum atomic E-state index is -0.0376. The van der Waals surface area contributed by atoms with E-state index in [4.69, 9.17) is 0 Å². The Labute approximate surface area is 222 Å². The normalized spacial score (nSPS) is 14.9. The van der Waals surface area contributed by atoms with Gasteiger partial charge in [-0.15, -0.1) is 0 Å². The number of hydrogen-bond acceptors (Lipinski definition) is 5. The summed E-state index contributed by atoms with van der Waals surface area (Å²) in [5.41, 5.74) is 4.31. The van der Waals surface area contributed by atoms with Crippen molar-refractivity contribution in [1.29, 1.82) is 0 Å². The predicted octanol–water partition coefficient (Wildman–Crippen LogP) is 4.68. The van der Waals surface area contributed by atoms with Gasteiger partial charge in [-0.1, -0.05) is 43.5 Å². The van der Waals surface area contributed by atoms with Crippen molar-refractivity contribution in [2.24, 2.45) is 0 Å². The second kappa shape index (κ2) is 11.9. The van der Waals surface area contributed by atoms with Gasteiger partial charge >= 0.3 is 0 Å². The van der Waals surface area contributed by atoms with Crippen molar-refractivity contribution < 1.29 is 9.59 Å². The predicted molar refractivity (Wildman–Crippen MR) is 145 cm³/mol. The molecule has 38 heavy (non-hydrogen) atoms. The third-order valence-electron chi connectivity index (χ3n) is 6.98. The monoisotopic (exact) mass is 511 g/mol. The number of nitrogens with one attached hydrogen (secondary N) is 1. The summed E-state index contributed by atoms with van der Waals surface area (Å²) >= 11 is 0. The van der Waals surface area contributed by atoms with E-state index in [1.54, 1.807) is 13.1 Å². The highest BCUT2D eigenvalue weighted by Gasteiger charge is 2.22. The van der Waals surface area contributed by atoms with E-state index >= 15 is 0 Å². The van der Waals surface area contributed by atoms with E-state index in [1.165, 1.54) is 6.33 Å². The molecule has 1 aliphatic rings. The molecule has 9 nitrogen and oxygen atoms in total. The van der Waals surface area contributed by atoms with Gasteiger partial charge in [0.25, 0.3) is 5.91 Å². The molecule has 1 N–H and O–H groups in total. The maximum absolute atomic E-state index is 13.8. The molecule has 0 aliphatic carbocycles. The number of hydrogen-bond donors (Lipinski definition) is 1. The summed E-state index contributed by atoms with van der Waals surface area (Å²) in [5.74, 6) is 0.599. The van der Waals surface area contributed by atoms with Gasteiger partial charge in [0.05, 0.1) is 6.54 Å². The molecule has 0 saturated carbocycles. The van der Waals surface area contributed by atoms with Crippen LogP contribution in [0.2, 0.25) is 0 Å². The zero-order valence-electron chi connectivity index (χ0n) is 21.7. The van der Waals surface area contributed by atoms with E-state index in [0.717, 1.165) is 54.5 Å². The molecule has 0 atom stereocenters. The van der Waals surface area contributed by atoms with Crippen LogP contribution in [0, 0.1) is 0 Å². The third kappa shape index (κ3) is 5.99. The van der Waals surface area contributed by atoms with E-state index in [1.807, 2.05) is 51.0 Å². The van der Waals surface area contributed by atoms with E-state index in [0.29, 0.717) is 37.6 Å². The molecule has 0 spiro atoms. The first-order valence-electron chi connectivity index (χ1n) is 13.2. The first-order valence-corrected chi connectivity index (χ1v) is 13.2. The first-order chi connectivity index (χ1) is 18.6. The van der Waals surface area contributed by atoms with Crippen LogP contribution < -0.4 is 4.90 Å². The molecule has 0 radical (unpaired) electrons. The molecule has 0 unspecified atom stereocenters. The fourth-order valence-electron chi connectivity index (χ4n) is 5.01. The molecule has 3 heterocycles. The number of amides is 2.